The predicted octanol–water partition coefficient (Wildman–Crippen LogP) is 1.23. The fourth-order valence-corrected chi connectivity index (χ4v) is 1.50. The van der Waals surface area contributed by atoms with Crippen molar-refractivity contribution in [2.75, 3.05) is 0 Å². The molecule has 8 heteroatoms. The minimum absolute atomic E-state index is 0.0908. The second kappa shape index (κ2) is 5.11. The maximum absolute atomic E-state index is 9.72. The minimum atomic E-state index is -0.241. The van der Waals surface area contributed by atoms with Crippen LogP contribution in [0.3, 0.4) is 0 Å². The quantitative estimate of drug-likeness (QED) is 0.455. The zero-order valence-electron chi connectivity index (χ0n) is 8.91. The predicted molar refractivity (Wildman–Crippen MR) is 70.0 cm³/mol. The number of guanidine groups is 2. The van der Waals surface area contributed by atoms with Crippen molar-refractivity contribution in [2.24, 2.45) is 27.2 Å². The average Bonchev–Trinajstić information content (AvgIpc) is 2.21. The number of rotatable bonds is 1. The van der Waals surface area contributed by atoms with Gasteiger partial charge in [-0.15, -0.1) is 0 Å². The number of halogens is 2. The highest BCUT2D eigenvalue weighted by atomic mass is 35.5. The largest absolute Gasteiger partial charge is 0.504 e. The Balaban J connectivity index is 3.30. The van der Waals surface area contributed by atoms with E-state index < -0.39 is 0 Å². The molecule has 0 amide bonds. The number of hydrogen-bond acceptors (Lipinski definition) is 2. The van der Waals surface area contributed by atoms with Gasteiger partial charge in [0.1, 0.15) is 5.69 Å². The second-order valence-electron chi connectivity index (χ2n) is 3.17. The van der Waals surface area contributed by atoms with Crippen LogP contribution >= 0.6 is 23.2 Å². The Morgan fingerprint density at radius 1 is 1.29 bits per heavy atom. The normalized spacial score (nSPS) is 11.4. The lowest BCUT2D eigenvalue weighted by molar-refractivity contribution is 0.476. The maximum Gasteiger partial charge on any atom is 0.223 e. The van der Waals surface area contributed by atoms with Gasteiger partial charge in [0.2, 0.25) is 5.96 Å². The Morgan fingerprint density at radius 3 is 2.41 bits per heavy atom. The molecule has 0 fully saturated rings. The molecular weight excluding hydrogens is 265 g/mol. The molecular formula is C9H11Cl2N5O. The first-order valence-corrected chi connectivity index (χ1v) is 5.20. The molecule has 0 saturated heterocycles. The highest BCUT2D eigenvalue weighted by Gasteiger charge is 2.12. The van der Waals surface area contributed by atoms with Gasteiger partial charge in [-0.3, -0.25) is 0 Å². The van der Waals surface area contributed by atoms with Gasteiger partial charge in [0.05, 0.1) is 5.02 Å². The SMILES string of the molecule is Cc1c(Cl)cc(N=C(N)N=C(N)N)c(O)c1Cl. The van der Waals surface area contributed by atoms with Crippen molar-refractivity contribution in [3.63, 3.8) is 0 Å². The number of phenolic OH excluding ortho intramolecular Hbond substituents is 1. The van der Waals surface area contributed by atoms with E-state index >= 15 is 0 Å². The first kappa shape index (κ1) is 13.4. The van der Waals surface area contributed by atoms with Gasteiger partial charge in [0, 0.05) is 5.02 Å². The Kier molecular flexibility index (Phi) is 4.03. The number of nitrogens with two attached hydrogens (primary N) is 3. The van der Waals surface area contributed by atoms with Crippen LogP contribution < -0.4 is 17.2 Å². The van der Waals surface area contributed by atoms with Crippen LogP contribution in [0, 0.1) is 6.92 Å². The summed E-state index contributed by atoms with van der Waals surface area (Å²) in [5.74, 6) is -0.686. The third kappa shape index (κ3) is 3.15. The van der Waals surface area contributed by atoms with Gasteiger partial charge in [0.25, 0.3) is 0 Å². The molecule has 0 unspecified atom stereocenters. The number of hydrogen-bond donors (Lipinski definition) is 4. The summed E-state index contributed by atoms with van der Waals surface area (Å²) in [5.41, 5.74) is 16.3. The molecule has 7 N–H and O–H groups in total. The topological polar surface area (TPSA) is 123 Å². The maximum atomic E-state index is 9.72. The van der Waals surface area contributed by atoms with Gasteiger partial charge in [-0.1, -0.05) is 23.2 Å². The van der Waals surface area contributed by atoms with E-state index in [0.717, 1.165) is 0 Å². The van der Waals surface area contributed by atoms with Crippen LogP contribution in [0.25, 0.3) is 0 Å². The summed E-state index contributed by atoms with van der Waals surface area (Å²) in [6.45, 7) is 1.66. The minimum Gasteiger partial charge on any atom is -0.504 e. The monoisotopic (exact) mass is 275 g/mol. The molecule has 0 spiro atoms. The molecule has 0 heterocycles. The fraction of sp³-hybridized carbons (Fsp3) is 0.111. The Hall–Kier alpha value is -1.66. The smallest absolute Gasteiger partial charge is 0.223 e. The highest BCUT2D eigenvalue weighted by Crippen LogP contribution is 2.40. The van der Waals surface area contributed by atoms with Crippen LogP contribution in [0.5, 0.6) is 5.75 Å². The molecule has 1 aromatic carbocycles. The van der Waals surface area contributed by atoms with E-state index in [2.05, 4.69) is 9.98 Å². The third-order valence-corrected chi connectivity index (χ3v) is 2.74. The molecule has 0 aliphatic rings. The summed E-state index contributed by atoms with van der Waals surface area (Å²) in [4.78, 5) is 7.29. The molecule has 6 nitrogen and oxygen atoms in total. The molecule has 0 aliphatic heterocycles. The molecule has 92 valence electrons. The fourth-order valence-electron chi connectivity index (χ4n) is 1.06. The second-order valence-corrected chi connectivity index (χ2v) is 3.96. The molecule has 0 aromatic heterocycles. The van der Waals surface area contributed by atoms with E-state index in [9.17, 15) is 5.11 Å². The van der Waals surface area contributed by atoms with Crippen LogP contribution in [-0.4, -0.2) is 17.0 Å². The van der Waals surface area contributed by atoms with Gasteiger partial charge < -0.3 is 22.3 Å². The van der Waals surface area contributed by atoms with Crippen LogP contribution in [0.2, 0.25) is 10.0 Å². The van der Waals surface area contributed by atoms with Crippen molar-refractivity contribution >= 4 is 40.8 Å². The van der Waals surface area contributed by atoms with E-state index in [0.29, 0.717) is 10.6 Å². The lowest BCUT2D eigenvalue weighted by Gasteiger charge is -2.06. The summed E-state index contributed by atoms with van der Waals surface area (Å²) < 4.78 is 0. The molecule has 1 aromatic rings. The van der Waals surface area contributed by atoms with Crippen molar-refractivity contribution in [3.05, 3.63) is 21.7 Å². The summed E-state index contributed by atoms with van der Waals surface area (Å²) in [6.07, 6.45) is 0. The molecule has 0 radical (unpaired) electrons. The number of phenols is 1. The van der Waals surface area contributed by atoms with E-state index in [1.807, 2.05) is 0 Å². The van der Waals surface area contributed by atoms with Crippen molar-refractivity contribution < 1.29 is 5.11 Å². The van der Waals surface area contributed by atoms with Crippen LogP contribution in [0.15, 0.2) is 16.1 Å². The van der Waals surface area contributed by atoms with Crippen molar-refractivity contribution in [2.45, 2.75) is 6.92 Å². The lowest BCUT2D eigenvalue weighted by atomic mass is 10.2. The highest BCUT2D eigenvalue weighted by molar-refractivity contribution is 6.37. The lowest BCUT2D eigenvalue weighted by Crippen LogP contribution is -2.26. The zero-order valence-corrected chi connectivity index (χ0v) is 10.4. The van der Waals surface area contributed by atoms with Gasteiger partial charge in [-0.2, -0.15) is 4.99 Å². The first-order valence-electron chi connectivity index (χ1n) is 4.44. The van der Waals surface area contributed by atoms with Crippen LogP contribution in [0.4, 0.5) is 5.69 Å². The number of aliphatic imine (C=N–C) groups is 2. The van der Waals surface area contributed by atoms with Crippen LogP contribution in [-0.2, 0) is 0 Å². The summed E-state index contributed by atoms with van der Waals surface area (Å²) in [7, 11) is 0. The van der Waals surface area contributed by atoms with E-state index in [-0.39, 0.29) is 28.4 Å². The Morgan fingerprint density at radius 2 is 1.88 bits per heavy atom. The van der Waals surface area contributed by atoms with E-state index in [1.54, 1.807) is 6.92 Å². The molecule has 0 aliphatic carbocycles. The molecule has 17 heavy (non-hydrogen) atoms. The summed E-state index contributed by atoms with van der Waals surface area (Å²) in [5, 5.41) is 10.2. The van der Waals surface area contributed by atoms with Gasteiger partial charge >= 0.3 is 0 Å². The van der Waals surface area contributed by atoms with Crippen molar-refractivity contribution in [1.29, 1.82) is 0 Å². The summed E-state index contributed by atoms with van der Waals surface area (Å²) >= 11 is 11.7. The van der Waals surface area contributed by atoms with Gasteiger partial charge in [-0.05, 0) is 18.6 Å². The zero-order chi connectivity index (χ0) is 13.2. The van der Waals surface area contributed by atoms with Gasteiger partial charge in [-0.25, -0.2) is 4.99 Å². The van der Waals surface area contributed by atoms with Crippen molar-refractivity contribution in [1.82, 2.24) is 0 Å². The number of nitrogens with zero attached hydrogens (tertiary/aromatic N) is 2. The molecule has 1 rings (SSSR count). The van der Waals surface area contributed by atoms with E-state index in [4.69, 9.17) is 40.4 Å². The third-order valence-electron chi connectivity index (χ3n) is 1.88. The molecule has 0 atom stereocenters. The van der Waals surface area contributed by atoms with E-state index in [1.165, 1.54) is 6.07 Å². The Labute approximate surface area is 108 Å². The van der Waals surface area contributed by atoms with Crippen molar-refractivity contribution in [3.8, 4) is 5.75 Å². The first-order chi connectivity index (χ1) is 7.82. The van der Waals surface area contributed by atoms with Gasteiger partial charge in [0.15, 0.2) is 11.7 Å². The molecule has 0 saturated carbocycles. The average molecular weight is 276 g/mol. The number of aromatic hydroxyl groups is 1. The molecule has 0 bridgehead atoms. The summed E-state index contributed by atoms with van der Waals surface area (Å²) in [6, 6.07) is 1.41. The van der Waals surface area contributed by atoms with Crippen LogP contribution in [0.1, 0.15) is 5.56 Å². The Bertz CT molecular complexity index is 509. The standard InChI is InChI=1S/C9H11Cl2N5O/c1-3-4(10)2-5(7(17)6(3)11)15-9(14)16-8(12)13/h2,17H,1H3,(H6,12,13,14,15,16). The number of benzene rings is 1.